The fourth-order valence-corrected chi connectivity index (χ4v) is 3.04. The molecule has 0 spiro atoms. The first kappa shape index (κ1) is 18.8. The van der Waals surface area contributed by atoms with E-state index in [4.69, 9.17) is 25.8 Å². The molecule has 0 N–H and O–H groups in total. The monoisotopic (exact) mass is 406 g/mol. The Morgan fingerprint density at radius 1 is 1.03 bits per heavy atom. The van der Waals surface area contributed by atoms with Crippen LogP contribution in [0.4, 0.5) is 0 Å². The molecule has 0 amide bonds. The van der Waals surface area contributed by atoms with Gasteiger partial charge < -0.3 is 14.2 Å². The van der Waals surface area contributed by atoms with Crippen LogP contribution in [0.5, 0.6) is 17.2 Å². The van der Waals surface area contributed by atoms with Crippen LogP contribution in [0.1, 0.15) is 26.3 Å². The van der Waals surface area contributed by atoms with Gasteiger partial charge in [-0.1, -0.05) is 35.9 Å². The number of methoxy groups -OCH3 is 1. The maximum atomic E-state index is 12.6. The van der Waals surface area contributed by atoms with Gasteiger partial charge in [-0.3, -0.25) is 4.79 Å². The molecule has 0 saturated carbocycles. The lowest BCUT2D eigenvalue weighted by atomic mass is 10.1. The van der Waals surface area contributed by atoms with Gasteiger partial charge in [0.2, 0.25) is 5.78 Å². The highest BCUT2D eigenvalue weighted by molar-refractivity contribution is 6.30. The normalized spacial score (nSPS) is 13.7. The molecule has 4 rings (SSSR count). The van der Waals surface area contributed by atoms with Crippen molar-refractivity contribution in [3.8, 4) is 17.2 Å². The van der Waals surface area contributed by atoms with Crippen molar-refractivity contribution >= 4 is 29.4 Å². The van der Waals surface area contributed by atoms with Gasteiger partial charge in [-0.05, 0) is 48.0 Å². The minimum atomic E-state index is -0.566. The van der Waals surface area contributed by atoms with Crippen LogP contribution in [0.15, 0.2) is 72.5 Å². The molecule has 1 heterocycles. The Bertz CT molecular complexity index is 1130. The molecule has 0 radical (unpaired) electrons. The van der Waals surface area contributed by atoms with Crippen molar-refractivity contribution in [2.45, 2.75) is 0 Å². The van der Waals surface area contributed by atoms with Crippen LogP contribution in [0.2, 0.25) is 5.02 Å². The average molecular weight is 407 g/mol. The molecule has 0 unspecified atom stereocenters. The number of carbonyl (C=O) groups excluding carboxylic acids is 2. The molecule has 3 aromatic carbocycles. The van der Waals surface area contributed by atoms with Crippen LogP contribution in [0.25, 0.3) is 6.08 Å². The fourth-order valence-electron chi connectivity index (χ4n) is 2.92. The van der Waals surface area contributed by atoms with Gasteiger partial charge in [-0.15, -0.1) is 0 Å². The van der Waals surface area contributed by atoms with Crippen molar-refractivity contribution in [1.82, 2.24) is 0 Å². The molecule has 6 heteroatoms. The summed E-state index contributed by atoms with van der Waals surface area (Å²) in [6.45, 7) is 0. The standard InChI is InChI=1S/C23H15ClO5/c1-27-19-5-3-2-4-18(19)23(26)28-16-10-11-17-20(13-16)29-21(22(17)25)12-14-6-8-15(24)9-7-14/h2-13H,1H3. The van der Waals surface area contributed by atoms with Gasteiger partial charge in [-0.25, -0.2) is 4.79 Å². The highest BCUT2D eigenvalue weighted by atomic mass is 35.5. The van der Waals surface area contributed by atoms with E-state index < -0.39 is 5.97 Å². The number of Topliss-reactive ketones (excluding diaryl/α,β-unsaturated/α-hetero) is 1. The summed E-state index contributed by atoms with van der Waals surface area (Å²) in [6.07, 6.45) is 1.64. The number of hydrogen-bond acceptors (Lipinski definition) is 5. The number of ether oxygens (including phenoxy) is 3. The summed E-state index contributed by atoms with van der Waals surface area (Å²) in [5.41, 5.74) is 1.49. The van der Waals surface area contributed by atoms with Crippen molar-refractivity contribution < 1.29 is 23.8 Å². The smallest absolute Gasteiger partial charge is 0.347 e. The molecule has 0 bridgehead atoms. The third kappa shape index (κ3) is 3.86. The third-order valence-corrected chi connectivity index (χ3v) is 4.60. The van der Waals surface area contributed by atoms with Crippen LogP contribution >= 0.6 is 11.6 Å². The van der Waals surface area contributed by atoms with E-state index in [2.05, 4.69) is 0 Å². The van der Waals surface area contributed by atoms with E-state index in [1.807, 2.05) is 0 Å². The van der Waals surface area contributed by atoms with Gasteiger partial charge in [-0.2, -0.15) is 0 Å². The minimum Gasteiger partial charge on any atom is -0.496 e. The number of para-hydroxylation sites is 1. The summed E-state index contributed by atoms with van der Waals surface area (Å²) in [5.74, 6) is 0.399. The zero-order valence-electron chi connectivity index (χ0n) is 15.3. The molecular formula is C23H15ClO5. The van der Waals surface area contributed by atoms with Crippen molar-refractivity contribution in [3.63, 3.8) is 0 Å². The first-order valence-corrected chi connectivity index (χ1v) is 9.12. The Labute approximate surface area is 172 Å². The number of fused-ring (bicyclic) bond motifs is 1. The lowest BCUT2D eigenvalue weighted by molar-refractivity contribution is 0.0731. The van der Waals surface area contributed by atoms with Gasteiger partial charge >= 0.3 is 5.97 Å². The maximum absolute atomic E-state index is 12.6. The second-order valence-corrected chi connectivity index (χ2v) is 6.68. The topological polar surface area (TPSA) is 61.8 Å². The highest BCUT2D eigenvalue weighted by Gasteiger charge is 2.28. The molecule has 3 aromatic rings. The number of hydrogen-bond donors (Lipinski definition) is 0. The van der Waals surface area contributed by atoms with E-state index in [1.54, 1.807) is 66.7 Å². The lowest BCUT2D eigenvalue weighted by Gasteiger charge is -2.08. The summed E-state index contributed by atoms with van der Waals surface area (Å²) in [6, 6.07) is 18.5. The summed E-state index contributed by atoms with van der Waals surface area (Å²) in [7, 11) is 1.48. The van der Waals surface area contributed by atoms with Gasteiger partial charge in [0.05, 0.1) is 12.7 Å². The van der Waals surface area contributed by atoms with Gasteiger partial charge in [0, 0.05) is 11.1 Å². The second-order valence-electron chi connectivity index (χ2n) is 6.24. The fraction of sp³-hybridized carbons (Fsp3) is 0.0435. The van der Waals surface area contributed by atoms with Gasteiger partial charge in [0.15, 0.2) is 5.76 Å². The van der Waals surface area contributed by atoms with Crippen LogP contribution < -0.4 is 14.2 Å². The largest absolute Gasteiger partial charge is 0.496 e. The predicted octanol–water partition coefficient (Wildman–Crippen LogP) is 5.18. The summed E-state index contributed by atoms with van der Waals surface area (Å²) in [5, 5.41) is 0.607. The zero-order valence-corrected chi connectivity index (χ0v) is 16.1. The molecule has 29 heavy (non-hydrogen) atoms. The Balaban J connectivity index is 1.56. The van der Waals surface area contributed by atoms with E-state index in [-0.39, 0.29) is 17.3 Å². The van der Waals surface area contributed by atoms with Crippen molar-refractivity contribution in [2.75, 3.05) is 7.11 Å². The molecule has 5 nitrogen and oxygen atoms in total. The molecule has 1 aliphatic heterocycles. The van der Waals surface area contributed by atoms with Gasteiger partial charge in [0.25, 0.3) is 0 Å². The number of carbonyl (C=O) groups is 2. The van der Waals surface area contributed by atoms with E-state index in [0.717, 1.165) is 5.56 Å². The number of esters is 1. The SMILES string of the molecule is COc1ccccc1C(=O)Oc1ccc2c(c1)OC(=Cc1ccc(Cl)cc1)C2=O. The molecule has 144 valence electrons. The second kappa shape index (κ2) is 7.81. The summed E-state index contributed by atoms with van der Waals surface area (Å²) in [4.78, 5) is 25.0. The van der Waals surface area contributed by atoms with Crippen LogP contribution in [0, 0.1) is 0 Å². The molecule has 0 fully saturated rings. The lowest BCUT2D eigenvalue weighted by Crippen LogP contribution is -2.10. The molecule has 0 saturated heterocycles. The quantitative estimate of drug-likeness (QED) is 0.339. The predicted molar refractivity (Wildman–Crippen MR) is 109 cm³/mol. The number of ketones is 1. The average Bonchev–Trinajstić information content (AvgIpc) is 3.04. The van der Waals surface area contributed by atoms with Gasteiger partial charge in [0.1, 0.15) is 22.8 Å². The van der Waals surface area contributed by atoms with Crippen LogP contribution in [-0.2, 0) is 0 Å². The van der Waals surface area contributed by atoms with Crippen molar-refractivity contribution in [2.24, 2.45) is 0 Å². The molecule has 0 aliphatic carbocycles. The van der Waals surface area contributed by atoms with Crippen molar-refractivity contribution in [3.05, 3.63) is 94.2 Å². The Kier molecular flexibility index (Phi) is 5.06. The Morgan fingerprint density at radius 2 is 1.79 bits per heavy atom. The van der Waals surface area contributed by atoms with E-state index in [0.29, 0.717) is 27.6 Å². The first-order chi connectivity index (χ1) is 14.0. The minimum absolute atomic E-state index is 0.190. The Morgan fingerprint density at radius 3 is 2.55 bits per heavy atom. The number of halogens is 1. The van der Waals surface area contributed by atoms with Crippen molar-refractivity contribution in [1.29, 1.82) is 0 Å². The van der Waals surface area contributed by atoms with Crippen LogP contribution in [0.3, 0.4) is 0 Å². The third-order valence-electron chi connectivity index (χ3n) is 4.35. The first-order valence-electron chi connectivity index (χ1n) is 8.74. The molecule has 1 aliphatic rings. The maximum Gasteiger partial charge on any atom is 0.347 e. The molecule has 0 atom stereocenters. The zero-order chi connectivity index (χ0) is 20.4. The number of benzene rings is 3. The van der Waals surface area contributed by atoms with E-state index in [9.17, 15) is 9.59 Å². The molecule has 0 aromatic heterocycles. The summed E-state index contributed by atoms with van der Waals surface area (Å²) < 4.78 is 16.3. The molecular weight excluding hydrogens is 392 g/mol. The van der Waals surface area contributed by atoms with Crippen LogP contribution in [-0.4, -0.2) is 18.9 Å². The number of allylic oxidation sites excluding steroid dienone is 1. The highest BCUT2D eigenvalue weighted by Crippen LogP contribution is 2.35. The summed E-state index contributed by atoms with van der Waals surface area (Å²) >= 11 is 5.88. The Hall–Kier alpha value is -3.57. The van der Waals surface area contributed by atoms with E-state index in [1.165, 1.54) is 13.2 Å². The van der Waals surface area contributed by atoms with E-state index >= 15 is 0 Å². The number of rotatable bonds is 4.